The average Bonchev–Trinajstić information content (AvgIpc) is 0.931. The third-order valence-electron chi connectivity index (χ3n) is 23.5. The number of amides is 16. The lowest BCUT2D eigenvalue weighted by Crippen LogP contribution is -2.32. The molecule has 0 spiro atoms. The van der Waals surface area contributed by atoms with E-state index in [2.05, 4.69) is 182 Å². The smallest absolute Gasteiger partial charge is 0.292 e. The van der Waals surface area contributed by atoms with Crippen molar-refractivity contribution in [3.05, 3.63) is 228 Å². The second-order valence-corrected chi connectivity index (χ2v) is 39.1. The third-order valence-corrected chi connectivity index (χ3v) is 28.1. The number of hydrogen-bond acceptors (Lipinski definition) is 23. The molecule has 0 saturated heterocycles. The molecule has 0 aliphatic heterocycles. The minimum absolute atomic E-state index is 0.00940. The maximum atomic E-state index is 13.6. The molecule has 0 radical (unpaired) electrons. The molecule has 16 N–H and O–H groups in total. The van der Waals surface area contributed by atoms with Crippen LogP contribution in [-0.2, 0) is 99.2 Å². The van der Waals surface area contributed by atoms with Gasteiger partial charge in [0.05, 0.1) is 28.9 Å². The molecule has 2 aromatic carbocycles. The van der Waals surface area contributed by atoms with Crippen molar-refractivity contribution in [3.63, 3.8) is 0 Å². The number of benzene rings is 2. The Morgan fingerprint density at radius 1 is 0.284 bits per heavy atom. The van der Waals surface area contributed by atoms with Crippen LogP contribution in [0.25, 0.3) is 0 Å². The Bertz CT molecular complexity index is 7030. The molecule has 148 heavy (non-hydrogen) atoms. The monoisotopic (exact) mass is 2040 g/mol. The lowest BCUT2D eigenvalue weighted by molar-refractivity contribution is -0.122. The molecule has 1 aliphatic carbocycles. The summed E-state index contributed by atoms with van der Waals surface area (Å²) in [6.45, 7) is 1.35. The summed E-state index contributed by atoms with van der Waals surface area (Å²) < 4.78 is 14.2. The summed E-state index contributed by atoms with van der Waals surface area (Å²) in [6.07, 6.45) is 26.7. The Balaban J connectivity index is 0.475. The molecule has 50 heteroatoms. The van der Waals surface area contributed by atoms with Crippen LogP contribution in [0, 0.1) is 0 Å². The number of aryl methyl sites for hydroxylation is 10. The van der Waals surface area contributed by atoms with Crippen molar-refractivity contribution in [2.45, 2.75) is 77.0 Å². The van der Waals surface area contributed by atoms with Gasteiger partial charge in [-0.25, -0.2) is 29.9 Å². The predicted molar refractivity (Wildman–Crippen MR) is 554 cm³/mol. The van der Waals surface area contributed by atoms with Crippen LogP contribution in [0.1, 0.15) is 183 Å². The van der Waals surface area contributed by atoms with E-state index in [1.807, 2.05) is 31.1 Å². The Hall–Kier alpha value is -17.8. The molecule has 13 rings (SSSR count). The minimum atomic E-state index is -1.99. The molecular formula is C98H119N33O16P+. The fraction of sp³-hybridized carbons (Fsp3) is 0.327. The number of allylic oxidation sites excluding steroid dienone is 4. The normalized spacial score (nSPS) is 11.6. The van der Waals surface area contributed by atoms with Crippen molar-refractivity contribution in [3.8, 4) is 0 Å². The lowest BCUT2D eigenvalue weighted by atomic mass is 10.2. The van der Waals surface area contributed by atoms with Crippen LogP contribution in [0.15, 0.2) is 170 Å². The molecule has 776 valence electrons. The molecule has 0 bridgehead atoms. The van der Waals surface area contributed by atoms with Gasteiger partial charge in [0.25, 0.3) is 59.1 Å². The van der Waals surface area contributed by atoms with Gasteiger partial charge < -0.3 is 136 Å². The van der Waals surface area contributed by atoms with Gasteiger partial charge in [0.1, 0.15) is 46.0 Å². The highest BCUT2D eigenvalue weighted by Crippen LogP contribution is 2.65. The van der Waals surface area contributed by atoms with E-state index in [4.69, 9.17) is 0 Å². The first kappa shape index (κ1) is 107. The van der Waals surface area contributed by atoms with Crippen molar-refractivity contribution in [2.75, 3.05) is 119 Å². The quantitative estimate of drug-likeness (QED) is 0.0169. The number of unbranched alkanes of at least 4 members (excludes halogenated alkanes) is 1. The molecule has 1 aliphatic rings. The van der Waals surface area contributed by atoms with Crippen molar-refractivity contribution >= 4 is 170 Å². The lowest BCUT2D eigenvalue weighted by Gasteiger charge is -2.29. The molecule has 10 aromatic heterocycles. The number of aromatic nitrogens is 16. The van der Waals surface area contributed by atoms with Gasteiger partial charge in [0.2, 0.25) is 70.4 Å². The van der Waals surface area contributed by atoms with Crippen LogP contribution in [0.5, 0.6) is 0 Å². The Morgan fingerprint density at radius 2 is 0.581 bits per heavy atom. The van der Waals surface area contributed by atoms with Crippen LogP contribution in [0.4, 0.5) is 57.7 Å². The number of nitrogens with one attached hydrogen (secondary N) is 16. The average molecular weight is 2050 g/mol. The first-order chi connectivity index (χ1) is 70.8. The van der Waals surface area contributed by atoms with E-state index in [0.717, 1.165) is 38.4 Å². The van der Waals surface area contributed by atoms with E-state index < -0.39 is 90.0 Å². The Morgan fingerprint density at radius 3 is 0.980 bits per heavy atom. The van der Waals surface area contributed by atoms with Crippen LogP contribution in [0.3, 0.4) is 0 Å². The second kappa shape index (κ2) is 49.5. The summed E-state index contributed by atoms with van der Waals surface area (Å²) in [5, 5.41) is 47.0. The van der Waals surface area contributed by atoms with Gasteiger partial charge in [0.15, 0.2) is 34.9 Å². The maximum absolute atomic E-state index is 13.6. The van der Waals surface area contributed by atoms with Crippen molar-refractivity contribution in [1.29, 1.82) is 0 Å². The zero-order valence-electron chi connectivity index (χ0n) is 83.8. The van der Waals surface area contributed by atoms with Crippen LogP contribution >= 0.6 is 7.26 Å². The summed E-state index contributed by atoms with van der Waals surface area (Å²) in [5.41, 5.74) is 1.77. The largest absolute Gasteiger partial charge is 0.356 e. The van der Waals surface area contributed by atoms with Gasteiger partial charge >= 0.3 is 0 Å². The number of carbonyl (C=O) groups is 16. The number of nitrogens with zero attached hydrogens (tertiary/aromatic N) is 17. The van der Waals surface area contributed by atoms with Gasteiger partial charge in [-0.2, -0.15) is 0 Å². The van der Waals surface area contributed by atoms with Gasteiger partial charge in [-0.05, 0) is 120 Å². The standard InChI is InChI=1S/C98H118N33O16P/c1-121(2)44-25-39-99-78(133)34-41-102-90(139)68-47-61(51-122(68)3)106-91(140)69-46-60(50-124(69)5)105-80(135)36-42-103-93(142)83-115-74(57-126(83)7)118-92(141)70-49-63(53-125(70)6)108-96(145)85-112-71(54-128(85)9)109-79(134)33-24-38-101-89(138)67-48-62(52-123(67)4)107-95(144)86-113-72(55-129(86)10)111-82(137)37-43-104-94(143)84-116-75(58-127(84)8)119-98(147)88-117-76(59-131(88)12)120-97(146)87-114-73(56-130(87)11)110-81(136)35-40-100-77(132)32-22-23-45-148(64-26-16-13-17-27-64,65-28-18-14-19-29-65)66-30-20-15-21-31-66/h13-14,16-20,26-31,46-59H,15,21-25,32-45H2,1-12H3,(H15-,99,100,101,102,103,104,105,106,107,108,109,110,111,118,119,120,132,133,134,135,136,137,138,139,140,141,142,143,144,145,146,147)/p+1. The molecule has 16 amide bonds. The highest BCUT2D eigenvalue weighted by molar-refractivity contribution is 7.93. The topological polar surface area (TPSA) is 595 Å². The van der Waals surface area contributed by atoms with Gasteiger partial charge in [0, 0.05) is 210 Å². The predicted octanol–water partition coefficient (Wildman–Crippen LogP) is 5.33. The number of anilines is 10. The van der Waals surface area contributed by atoms with Gasteiger partial charge in [-0.3, -0.25) is 76.7 Å². The fourth-order valence-electron chi connectivity index (χ4n) is 16.3. The number of rotatable bonds is 48. The summed E-state index contributed by atoms with van der Waals surface area (Å²) >= 11 is 0. The highest BCUT2D eigenvalue weighted by atomic mass is 31.2. The first-order valence-electron chi connectivity index (χ1n) is 47.4. The molecule has 49 nitrogen and oxygen atoms in total. The molecule has 10 heterocycles. The maximum Gasteiger partial charge on any atom is 0.292 e. The van der Waals surface area contributed by atoms with E-state index in [0.29, 0.717) is 30.8 Å². The summed E-state index contributed by atoms with van der Waals surface area (Å²) in [7, 11) is 17.5. The fourth-order valence-corrected chi connectivity index (χ4v) is 20.8. The molecule has 12 aromatic rings. The summed E-state index contributed by atoms with van der Waals surface area (Å²) in [6, 6.07) is 27.1. The molecular weight excluding hydrogens is 1930 g/mol. The summed E-state index contributed by atoms with van der Waals surface area (Å²) in [4.78, 5) is 239. The molecule has 0 saturated carbocycles. The van der Waals surface area contributed by atoms with Crippen molar-refractivity contribution in [1.82, 2.24) is 112 Å². The van der Waals surface area contributed by atoms with Crippen LogP contribution < -0.4 is 95.7 Å². The van der Waals surface area contributed by atoms with Crippen molar-refractivity contribution < 1.29 is 76.7 Å². The van der Waals surface area contributed by atoms with Crippen LogP contribution in [0.2, 0.25) is 0 Å². The number of hydrogen-bond donors (Lipinski definition) is 16. The molecule has 0 unspecified atom stereocenters. The second-order valence-electron chi connectivity index (χ2n) is 35.4. The Labute approximate surface area is 849 Å². The van der Waals surface area contributed by atoms with E-state index in [1.165, 1.54) is 177 Å². The minimum Gasteiger partial charge on any atom is -0.356 e. The van der Waals surface area contributed by atoms with E-state index in [9.17, 15) is 76.7 Å². The molecule has 0 atom stereocenters. The van der Waals surface area contributed by atoms with Gasteiger partial charge in [-0.1, -0.05) is 42.5 Å². The first-order valence-corrected chi connectivity index (χ1v) is 49.4. The SMILES string of the molecule is CN(C)CCCNC(=O)CCNC(=O)c1cc(NC(=O)c2cc(NC(=O)CCNC(=O)c3nc(NC(=O)c4cc(NC(=O)c5nc(NC(=O)CCCNC(=O)c6cc(NC(=O)c7nc(NC(=O)CCNC(=O)c8nc(NC(=O)c9nc(NC(=O)c%10nc(NC(=O)CCNC(=O)CCCC[P+](C%11=CCCC=C%11)(c%11ccccc%11)c%11ccccc%11)cn%10C)cn9C)cn8C)cn7C)cn6C)cn5C)cn4C)cn3C)cn2C)cn1C. The Kier molecular flexibility index (Phi) is 35.9. The van der Waals surface area contributed by atoms with E-state index in [1.54, 1.807) is 41.4 Å². The summed E-state index contributed by atoms with van der Waals surface area (Å²) in [5.74, 6) is -9.07. The highest BCUT2D eigenvalue weighted by Gasteiger charge is 2.46. The number of carbonyl (C=O) groups excluding carboxylic acids is 16. The van der Waals surface area contributed by atoms with E-state index in [-0.39, 0.29) is 187 Å². The van der Waals surface area contributed by atoms with Crippen molar-refractivity contribution in [2.24, 2.45) is 70.5 Å². The number of imidazole rings is 6. The molecule has 0 fully saturated rings. The zero-order chi connectivity index (χ0) is 106. The zero-order valence-corrected chi connectivity index (χ0v) is 84.7. The van der Waals surface area contributed by atoms with E-state index >= 15 is 0 Å². The van der Waals surface area contributed by atoms with Gasteiger partial charge in [-0.15, -0.1) is 0 Å². The van der Waals surface area contributed by atoms with Crippen LogP contribution in [-0.4, -0.2) is 241 Å². The third kappa shape index (κ3) is 28.4.